The van der Waals surface area contributed by atoms with Crippen molar-refractivity contribution in [2.24, 2.45) is 0 Å². The van der Waals surface area contributed by atoms with Crippen LogP contribution in [0.5, 0.6) is 5.75 Å². The van der Waals surface area contributed by atoms with Gasteiger partial charge in [-0.25, -0.2) is 0 Å². The number of nitrogens with one attached hydrogen (secondary N) is 1. The summed E-state index contributed by atoms with van der Waals surface area (Å²) in [6.45, 7) is 2.93. The van der Waals surface area contributed by atoms with Crippen molar-refractivity contribution < 1.29 is 27.4 Å². The first-order valence-electron chi connectivity index (χ1n) is 8.12. The van der Waals surface area contributed by atoms with E-state index in [2.05, 4.69) is 5.32 Å². The molecule has 2 rings (SSSR count). The zero-order valence-electron chi connectivity index (χ0n) is 14.3. The van der Waals surface area contributed by atoms with E-state index < -0.39 is 11.7 Å². The van der Waals surface area contributed by atoms with Gasteiger partial charge < -0.3 is 14.8 Å². The molecule has 0 radical (unpaired) electrons. The van der Waals surface area contributed by atoms with Gasteiger partial charge in [-0.15, -0.1) is 0 Å². The van der Waals surface area contributed by atoms with Crippen molar-refractivity contribution in [2.45, 2.75) is 26.3 Å². The Bertz CT molecular complexity index is 697. The molecule has 0 bridgehead atoms. The Balaban J connectivity index is 1.79. The Labute approximate surface area is 149 Å². The molecule has 7 heteroatoms. The lowest BCUT2D eigenvalue weighted by Crippen LogP contribution is -2.24. The predicted octanol–water partition coefficient (Wildman–Crippen LogP) is 3.94. The van der Waals surface area contributed by atoms with Crippen LogP contribution in [-0.4, -0.2) is 19.1 Å². The van der Waals surface area contributed by atoms with E-state index in [1.807, 2.05) is 12.1 Å². The predicted molar refractivity (Wildman–Crippen MR) is 90.6 cm³/mol. The lowest BCUT2D eigenvalue weighted by Gasteiger charge is -2.10. The molecular formula is C19H20F3NO3. The molecule has 2 aromatic carbocycles. The number of carbonyl (C=O) groups excluding carboxylic acids is 1. The van der Waals surface area contributed by atoms with Gasteiger partial charge in [0.15, 0.2) is 0 Å². The molecule has 0 fully saturated rings. The Morgan fingerprint density at radius 2 is 1.62 bits per heavy atom. The fraction of sp³-hybridized carbons (Fsp3) is 0.316. The van der Waals surface area contributed by atoms with Crippen LogP contribution in [0.3, 0.4) is 0 Å². The Morgan fingerprint density at radius 1 is 1.00 bits per heavy atom. The van der Waals surface area contributed by atoms with Crippen molar-refractivity contribution in [2.75, 3.05) is 13.2 Å². The molecule has 1 N–H and O–H groups in total. The van der Waals surface area contributed by atoms with Gasteiger partial charge >= 0.3 is 12.1 Å². The second kappa shape index (κ2) is 9.24. The molecule has 26 heavy (non-hydrogen) atoms. The van der Waals surface area contributed by atoms with Gasteiger partial charge in [-0.3, -0.25) is 4.79 Å². The molecule has 2 aromatic rings. The fourth-order valence-corrected chi connectivity index (χ4v) is 2.18. The van der Waals surface area contributed by atoms with E-state index in [0.29, 0.717) is 24.5 Å². The molecule has 0 saturated heterocycles. The summed E-state index contributed by atoms with van der Waals surface area (Å²) in [6.07, 6.45) is -4.34. The molecule has 4 nitrogen and oxygen atoms in total. The van der Waals surface area contributed by atoms with Gasteiger partial charge in [0.2, 0.25) is 0 Å². The van der Waals surface area contributed by atoms with Gasteiger partial charge in [-0.1, -0.05) is 24.3 Å². The fourth-order valence-electron chi connectivity index (χ4n) is 2.18. The normalized spacial score (nSPS) is 11.2. The molecule has 0 aromatic heterocycles. The summed E-state index contributed by atoms with van der Waals surface area (Å²) >= 11 is 0. The quantitative estimate of drug-likeness (QED) is 0.718. The third-order valence-corrected chi connectivity index (χ3v) is 3.51. The minimum Gasteiger partial charge on any atom is -0.489 e. The summed E-state index contributed by atoms with van der Waals surface area (Å²) in [5.41, 5.74) is 0.940. The molecule has 0 aliphatic carbocycles. The van der Waals surface area contributed by atoms with E-state index in [0.717, 1.165) is 17.7 Å². The number of hydrogen-bond acceptors (Lipinski definition) is 4. The Morgan fingerprint density at radius 3 is 2.19 bits per heavy atom. The molecule has 0 heterocycles. The van der Waals surface area contributed by atoms with Gasteiger partial charge in [0, 0.05) is 6.54 Å². The van der Waals surface area contributed by atoms with Crippen LogP contribution in [0.15, 0.2) is 48.5 Å². The zero-order chi connectivity index (χ0) is 19.0. The summed E-state index contributed by atoms with van der Waals surface area (Å²) in [5, 5.41) is 2.97. The number of carbonyl (C=O) groups is 1. The average molecular weight is 367 g/mol. The molecular weight excluding hydrogens is 347 g/mol. The molecule has 140 valence electrons. The number of esters is 1. The van der Waals surface area contributed by atoms with Crippen molar-refractivity contribution in [3.8, 4) is 5.75 Å². The van der Waals surface area contributed by atoms with Gasteiger partial charge in [-0.05, 0) is 42.3 Å². The Hall–Kier alpha value is -2.54. The monoisotopic (exact) mass is 367 g/mol. The highest BCUT2D eigenvalue weighted by molar-refractivity contribution is 5.71. The van der Waals surface area contributed by atoms with Crippen molar-refractivity contribution in [1.29, 1.82) is 0 Å². The highest BCUT2D eigenvalue weighted by atomic mass is 19.4. The van der Waals surface area contributed by atoms with E-state index >= 15 is 0 Å². The number of ether oxygens (including phenoxy) is 2. The van der Waals surface area contributed by atoms with Crippen molar-refractivity contribution in [3.63, 3.8) is 0 Å². The van der Waals surface area contributed by atoms with E-state index in [-0.39, 0.29) is 19.1 Å². The van der Waals surface area contributed by atoms with E-state index in [4.69, 9.17) is 9.47 Å². The van der Waals surface area contributed by atoms with E-state index in [1.54, 1.807) is 19.1 Å². The topological polar surface area (TPSA) is 47.6 Å². The maximum absolute atomic E-state index is 12.5. The molecule has 0 saturated carbocycles. The summed E-state index contributed by atoms with van der Waals surface area (Å²) < 4.78 is 47.9. The summed E-state index contributed by atoms with van der Waals surface area (Å²) in [7, 11) is 0. The summed E-state index contributed by atoms with van der Waals surface area (Å²) in [5.74, 6) is 0.308. The number of halogens is 3. The largest absolute Gasteiger partial charge is 0.489 e. The van der Waals surface area contributed by atoms with Crippen molar-refractivity contribution in [3.05, 3.63) is 65.2 Å². The molecule has 0 unspecified atom stereocenters. The third-order valence-electron chi connectivity index (χ3n) is 3.51. The first kappa shape index (κ1) is 19.8. The zero-order valence-corrected chi connectivity index (χ0v) is 14.3. The maximum Gasteiger partial charge on any atom is 0.416 e. The first-order chi connectivity index (χ1) is 12.4. The van der Waals surface area contributed by atoms with E-state index in [1.165, 1.54) is 12.1 Å². The van der Waals surface area contributed by atoms with Gasteiger partial charge in [0.25, 0.3) is 0 Å². The minimum absolute atomic E-state index is 0.139. The van der Waals surface area contributed by atoms with Gasteiger partial charge in [-0.2, -0.15) is 13.2 Å². The van der Waals surface area contributed by atoms with Crippen LogP contribution < -0.4 is 10.1 Å². The lowest BCUT2D eigenvalue weighted by atomic mass is 10.1. The smallest absolute Gasteiger partial charge is 0.416 e. The number of rotatable bonds is 8. The van der Waals surface area contributed by atoms with Crippen LogP contribution >= 0.6 is 0 Å². The van der Waals surface area contributed by atoms with Crippen LogP contribution in [0.1, 0.15) is 23.6 Å². The van der Waals surface area contributed by atoms with E-state index in [9.17, 15) is 18.0 Å². The second-order valence-electron chi connectivity index (χ2n) is 5.54. The molecule has 0 spiro atoms. The number of hydrogen-bond donors (Lipinski definition) is 1. The molecule has 0 atom stereocenters. The maximum atomic E-state index is 12.5. The number of benzene rings is 2. The Kier molecular flexibility index (Phi) is 7.03. The van der Waals surface area contributed by atoms with Crippen LogP contribution in [0.4, 0.5) is 13.2 Å². The first-order valence-corrected chi connectivity index (χ1v) is 8.12. The molecule has 0 aliphatic heterocycles. The lowest BCUT2D eigenvalue weighted by molar-refractivity contribution is -0.142. The van der Waals surface area contributed by atoms with Gasteiger partial charge in [0.05, 0.1) is 18.7 Å². The highest BCUT2D eigenvalue weighted by Gasteiger charge is 2.29. The molecule has 0 amide bonds. The minimum atomic E-state index is -4.34. The summed E-state index contributed by atoms with van der Waals surface area (Å²) in [4.78, 5) is 11.2. The van der Waals surface area contributed by atoms with Crippen LogP contribution in [-0.2, 0) is 28.9 Å². The third kappa shape index (κ3) is 6.40. The highest BCUT2D eigenvalue weighted by Crippen LogP contribution is 2.29. The standard InChI is InChI=1S/C19H20F3NO3/c1-2-25-18(24)12-23-11-14-5-9-17(10-6-14)26-13-15-3-7-16(8-4-15)19(20,21)22/h3-10,23H,2,11-13H2,1H3. The van der Waals surface area contributed by atoms with Gasteiger partial charge in [0.1, 0.15) is 12.4 Å². The SMILES string of the molecule is CCOC(=O)CNCc1ccc(OCc2ccc(C(F)(F)F)cc2)cc1. The van der Waals surface area contributed by atoms with Crippen molar-refractivity contribution in [1.82, 2.24) is 5.32 Å². The second-order valence-corrected chi connectivity index (χ2v) is 5.54. The van der Waals surface area contributed by atoms with Crippen LogP contribution in [0.2, 0.25) is 0 Å². The molecule has 0 aliphatic rings. The van der Waals surface area contributed by atoms with Crippen molar-refractivity contribution >= 4 is 5.97 Å². The summed E-state index contributed by atoms with van der Waals surface area (Å²) in [6, 6.07) is 12.1. The average Bonchev–Trinajstić information content (AvgIpc) is 2.61. The number of alkyl halides is 3. The van der Waals surface area contributed by atoms with Crippen LogP contribution in [0.25, 0.3) is 0 Å². The van der Waals surface area contributed by atoms with Crippen LogP contribution in [0, 0.1) is 0 Å².